The maximum Gasteiger partial charge on any atom is 2.00 e. The summed E-state index contributed by atoms with van der Waals surface area (Å²) >= 11 is 1.12. The molecule has 0 atom stereocenters. The first kappa shape index (κ1) is 16.8. The Morgan fingerprint density at radius 1 is 1.57 bits per heavy atom. The SMILES string of the molecule is [CH-]=C(/C=C(\[C-]=[W])C[C-]=O)CC(C)=O.[U+2]. The molecule has 0 saturated heterocycles. The second kappa shape index (κ2) is 9.97. The van der Waals surface area contributed by atoms with Gasteiger partial charge >= 0.3 is 120 Å². The van der Waals surface area contributed by atoms with Crippen molar-refractivity contribution in [2.45, 2.75) is 19.8 Å². The molecule has 0 radical (unpaired) electrons. The Bertz CT molecular complexity index is 269. The van der Waals surface area contributed by atoms with Crippen molar-refractivity contribution in [2.24, 2.45) is 0 Å². The van der Waals surface area contributed by atoms with E-state index >= 15 is 0 Å². The topological polar surface area (TPSA) is 34.1 Å². The molecule has 0 N–H and O–H groups in total. The van der Waals surface area contributed by atoms with E-state index in [0.29, 0.717) is 11.1 Å². The van der Waals surface area contributed by atoms with Crippen molar-refractivity contribution in [3.8, 4) is 0 Å². The summed E-state index contributed by atoms with van der Waals surface area (Å²) in [6, 6.07) is 0. The quantitative estimate of drug-likeness (QED) is 0.346. The van der Waals surface area contributed by atoms with E-state index in [1.54, 1.807) is 12.4 Å². The summed E-state index contributed by atoms with van der Waals surface area (Å²) in [7, 11) is 0. The van der Waals surface area contributed by atoms with E-state index in [9.17, 15) is 9.59 Å². The van der Waals surface area contributed by atoms with Gasteiger partial charge in [0.25, 0.3) is 0 Å². The van der Waals surface area contributed by atoms with Crippen LogP contribution in [0.25, 0.3) is 0 Å². The van der Waals surface area contributed by atoms with Gasteiger partial charge in [-0.05, 0) is 0 Å². The third kappa shape index (κ3) is 9.00. The van der Waals surface area contributed by atoms with Gasteiger partial charge in [-0.15, -0.1) is 0 Å². The Morgan fingerprint density at radius 3 is 2.50 bits per heavy atom. The molecule has 14 heavy (non-hydrogen) atoms. The van der Waals surface area contributed by atoms with Crippen LogP contribution in [0.4, 0.5) is 0 Å². The molecule has 0 aliphatic heterocycles. The third-order valence-electron chi connectivity index (χ3n) is 1.21. The van der Waals surface area contributed by atoms with Gasteiger partial charge in [-0.25, -0.2) is 0 Å². The second-order valence-electron chi connectivity index (χ2n) is 2.55. The van der Waals surface area contributed by atoms with Crippen LogP contribution >= 0.6 is 0 Å². The summed E-state index contributed by atoms with van der Waals surface area (Å²) in [5.41, 5.74) is 1.16. The van der Waals surface area contributed by atoms with E-state index in [-0.39, 0.29) is 49.7 Å². The number of hydrogen-bond acceptors (Lipinski definition) is 2. The van der Waals surface area contributed by atoms with E-state index in [1.807, 2.05) is 0 Å². The number of carbonyl (C=O) groups is 1. The van der Waals surface area contributed by atoms with Crippen LogP contribution in [-0.2, 0) is 28.9 Å². The first-order valence-corrected chi connectivity index (χ1v) is 5.11. The van der Waals surface area contributed by atoms with Crippen molar-refractivity contribution in [3.63, 3.8) is 0 Å². The zero-order valence-corrected chi connectivity index (χ0v) is 14.9. The molecule has 0 aromatic rings. The van der Waals surface area contributed by atoms with Crippen molar-refractivity contribution in [1.82, 2.24) is 0 Å². The molecule has 0 saturated carbocycles. The van der Waals surface area contributed by atoms with E-state index in [1.165, 1.54) is 6.92 Å². The number of allylic oxidation sites excluding steroid dienone is 3. The zero-order chi connectivity index (χ0) is 10.3. The summed E-state index contributed by atoms with van der Waals surface area (Å²) in [6.45, 7) is 7.01. The molecule has 2 nitrogen and oxygen atoms in total. The van der Waals surface area contributed by atoms with Crippen LogP contribution in [0, 0.1) is 37.7 Å². The maximum atomic E-state index is 10.7. The normalized spacial score (nSPS) is 9.93. The Hall–Kier alpha value is 0.430. The molecule has 0 aliphatic carbocycles. The number of ketones is 1. The number of Topliss-reactive ketones (excluding diaryl/α,β-unsaturated/α-hetero) is 1. The van der Waals surface area contributed by atoms with Gasteiger partial charge in [0.2, 0.25) is 0 Å². The Balaban J connectivity index is 0. The van der Waals surface area contributed by atoms with Crippen LogP contribution in [0.15, 0.2) is 17.2 Å². The van der Waals surface area contributed by atoms with Crippen molar-refractivity contribution < 1.29 is 60.1 Å². The van der Waals surface area contributed by atoms with Crippen molar-refractivity contribution >= 4 is 16.5 Å². The van der Waals surface area contributed by atoms with Crippen LogP contribution in [0.5, 0.6) is 0 Å². The van der Waals surface area contributed by atoms with Gasteiger partial charge in [-0.3, -0.25) is 0 Å². The fourth-order valence-corrected chi connectivity index (χ4v) is 1.23. The maximum absolute atomic E-state index is 10.7. The monoisotopic (exact) mass is 583 g/mol. The molecule has 0 amide bonds. The molecule has 0 rings (SSSR count). The van der Waals surface area contributed by atoms with Gasteiger partial charge in [0.15, 0.2) is 0 Å². The smallest absolute Gasteiger partial charge is 2.00 e. The van der Waals surface area contributed by atoms with Crippen LogP contribution < -0.4 is 0 Å². The van der Waals surface area contributed by atoms with Gasteiger partial charge in [0.1, 0.15) is 0 Å². The first-order valence-electron chi connectivity index (χ1n) is 3.64. The van der Waals surface area contributed by atoms with Crippen LogP contribution in [0.3, 0.4) is 0 Å². The molecular weight excluding hydrogens is 574 g/mol. The Kier molecular flexibility index (Phi) is 12.0. The molecule has 0 aliphatic rings. The minimum absolute atomic E-state index is 0. The molecule has 0 aromatic heterocycles. The predicted octanol–water partition coefficient (Wildman–Crippen LogP) is 0.977. The van der Waals surface area contributed by atoms with Gasteiger partial charge < -0.3 is 0 Å². The second-order valence-corrected chi connectivity index (χ2v) is 3.28. The first-order chi connectivity index (χ1) is 6.10. The van der Waals surface area contributed by atoms with E-state index in [2.05, 4.69) is 4.40 Å². The average Bonchev–Trinajstić information content (AvgIpc) is 2.02. The molecule has 72 valence electrons. The summed E-state index contributed by atoms with van der Waals surface area (Å²) in [5.74, 6) is 0.00614. The average molecular weight is 583 g/mol. The van der Waals surface area contributed by atoms with E-state index in [4.69, 9.17) is 6.58 Å². The predicted molar refractivity (Wildman–Crippen MR) is 46.5 cm³/mol. The van der Waals surface area contributed by atoms with Crippen molar-refractivity contribution in [1.29, 1.82) is 0 Å². The standard InChI is InChI=1S/C10H9O2.U.W/c1-8(4-5-11)6-9(2)7-10(3)12;;/h2,6H,4,7H2,3H3;;/q-3;+2;/b8-6+;;. The van der Waals surface area contributed by atoms with Crippen LogP contribution in [-0.4, -0.2) is 16.5 Å². The summed E-state index contributed by atoms with van der Waals surface area (Å²) in [6.07, 6.45) is 3.77. The number of rotatable bonds is 6. The van der Waals surface area contributed by atoms with Crippen molar-refractivity contribution in [2.75, 3.05) is 0 Å². The fourth-order valence-electron chi connectivity index (χ4n) is 0.757. The van der Waals surface area contributed by atoms with Gasteiger partial charge in [0.05, 0.1) is 0 Å². The van der Waals surface area contributed by atoms with Gasteiger partial charge in [-0.1, -0.05) is 0 Å². The third-order valence-corrected chi connectivity index (χ3v) is 2.15. The molecule has 0 heterocycles. The number of hydrogen-bond donors (Lipinski definition) is 0. The Labute approximate surface area is 119 Å². The van der Waals surface area contributed by atoms with Gasteiger partial charge in [0, 0.05) is 0 Å². The van der Waals surface area contributed by atoms with E-state index in [0.717, 1.165) is 19.4 Å². The molecule has 0 fully saturated rings. The zero-order valence-electron chi connectivity index (χ0n) is 7.79. The molecule has 0 spiro atoms. The molecule has 0 aromatic carbocycles. The fraction of sp³-hybridized carbons (Fsp3) is 0.300. The van der Waals surface area contributed by atoms with Crippen molar-refractivity contribution in [3.05, 3.63) is 23.8 Å². The molecule has 0 unspecified atom stereocenters. The summed E-state index contributed by atoms with van der Waals surface area (Å²) < 4.78 is 2.88. The molecule has 4 heteroatoms. The summed E-state index contributed by atoms with van der Waals surface area (Å²) in [4.78, 5) is 20.7. The van der Waals surface area contributed by atoms with Crippen LogP contribution in [0.1, 0.15) is 19.8 Å². The number of carbonyl (C=O) groups excluding carboxylic acids is 2. The Morgan fingerprint density at radius 2 is 2.14 bits per heavy atom. The van der Waals surface area contributed by atoms with E-state index < -0.39 is 0 Å². The molecule has 0 bridgehead atoms. The van der Waals surface area contributed by atoms with Gasteiger partial charge in [-0.2, -0.15) is 0 Å². The largest absolute Gasteiger partial charge is 2.00 e. The molecular formula is C10H9O2UW-. The minimum Gasteiger partial charge on any atom is 2.00 e. The van der Waals surface area contributed by atoms with Crippen LogP contribution in [0.2, 0.25) is 0 Å². The summed E-state index contributed by atoms with van der Waals surface area (Å²) in [5, 5.41) is 0. The minimum atomic E-state index is 0.